The van der Waals surface area contributed by atoms with Crippen LogP contribution in [0.1, 0.15) is 21.7 Å². The van der Waals surface area contributed by atoms with E-state index < -0.39 is 17.7 Å². The zero-order valence-electron chi connectivity index (χ0n) is 10.8. The van der Waals surface area contributed by atoms with Gasteiger partial charge in [0.25, 0.3) is 0 Å². The minimum absolute atomic E-state index is 0.0876. The largest absolute Gasteiger partial charge is 0.476 e. The summed E-state index contributed by atoms with van der Waals surface area (Å²) in [5.74, 6) is -1.29. The van der Waals surface area contributed by atoms with Crippen LogP contribution in [0.3, 0.4) is 0 Å². The van der Waals surface area contributed by atoms with E-state index in [1.54, 1.807) is 0 Å². The van der Waals surface area contributed by atoms with Gasteiger partial charge >= 0.3 is 12.1 Å². The van der Waals surface area contributed by atoms with Gasteiger partial charge in [0.05, 0.1) is 17.9 Å². The van der Waals surface area contributed by atoms with Crippen molar-refractivity contribution in [3.05, 3.63) is 41.2 Å². The number of rotatable bonds is 4. The Morgan fingerprint density at radius 1 is 1.33 bits per heavy atom. The number of methoxy groups -OCH3 is 1. The molecule has 1 heterocycles. The van der Waals surface area contributed by atoms with E-state index in [0.29, 0.717) is 0 Å². The number of hydrogen-bond donors (Lipinski definition) is 1. The molecule has 0 saturated carbocycles. The van der Waals surface area contributed by atoms with Crippen molar-refractivity contribution in [2.24, 2.45) is 0 Å². The van der Waals surface area contributed by atoms with Gasteiger partial charge in [-0.05, 0) is 24.3 Å². The Morgan fingerprint density at radius 2 is 1.95 bits per heavy atom. The van der Waals surface area contributed by atoms with Crippen LogP contribution < -0.4 is 0 Å². The van der Waals surface area contributed by atoms with Gasteiger partial charge < -0.3 is 9.84 Å². The maximum Gasteiger partial charge on any atom is 0.416 e. The summed E-state index contributed by atoms with van der Waals surface area (Å²) in [5.41, 5.74) is -0.713. The Kier molecular flexibility index (Phi) is 3.94. The third-order valence-electron chi connectivity index (χ3n) is 2.69. The number of benzene rings is 1. The Hall–Kier alpha value is -2.42. The molecule has 0 fully saturated rings. The molecule has 0 aliphatic heterocycles. The number of alkyl halides is 3. The van der Waals surface area contributed by atoms with Crippen LogP contribution in [0.4, 0.5) is 13.2 Å². The second-order valence-electron chi connectivity index (χ2n) is 4.08. The molecule has 0 spiro atoms. The van der Waals surface area contributed by atoms with E-state index in [9.17, 15) is 18.0 Å². The lowest BCUT2D eigenvalue weighted by atomic mass is 10.2. The van der Waals surface area contributed by atoms with Crippen LogP contribution in [-0.4, -0.2) is 33.2 Å². The van der Waals surface area contributed by atoms with Crippen molar-refractivity contribution in [2.45, 2.75) is 12.8 Å². The van der Waals surface area contributed by atoms with E-state index in [1.165, 1.54) is 19.2 Å². The molecule has 0 unspecified atom stereocenters. The fourth-order valence-electron chi connectivity index (χ4n) is 1.73. The summed E-state index contributed by atoms with van der Waals surface area (Å²) in [4.78, 5) is 11.0. The van der Waals surface area contributed by atoms with Gasteiger partial charge in [0.1, 0.15) is 5.69 Å². The SMILES string of the molecule is COCc1c(C(=O)O)nnn1-c1ccc(C(F)(F)F)cc1. The molecule has 6 nitrogen and oxygen atoms in total. The molecular formula is C12H10F3N3O3. The van der Waals surface area contributed by atoms with Crippen LogP contribution >= 0.6 is 0 Å². The van der Waals surface area contributed by atoms with Crippen molar-refractivity contribution >= 4 is 5.97 Å². The number of carboxylic acids is 1. The molecule has 2 aromatic rings. The molecule has 9 heteroatoms. The van der Waals surface area contributed by atoms with Crippen molar-refractivity contribution in [1.82, 2.24) is 15.0 Å². The first-order valence-corrected chi connectivity index (χ1v) is 5.69. The summed E-state index contributed by atoms with van der Waals surface area (Å²) >= 11 is 0. The summed E-state index contributed by atoms with van der Waals surface area (Å²) in [6.45, 7) is -0.0876. The maximum absolute atomic E-state index is 12.5. The molecule has 1 aromatic heterocycles. The van der Waals surface area contributed by atoms with Gasteiger partial charge in [0, 0.05) is 7.11 Å². The van der Waals surface area contributed by atoms with E-state index in [-0.39, 0.29) is 23.7 Å². The maximum atomic E-state index is 12.5. The average molecular weight is 301 g/mol. The molecular weight excluding hydrogens is 291 g/mol. The first-order chi connectivity index (χ1) is 9.84. The molecule has 0 saturated heterocycles. The highest BCUT2D eigenvalue weighted by Crippen LogP contribution is 2.29. The van der Waals surface area contributed by atoms with Crippen LogP contribution in [-0.2, 0) is 17.5 Å². The first kappa shape index (κ1) is 15.0. The van der Waals surface area contributed by atoms with Gasteiger partial charge in [-0.2, -0.15) is 13.2 Å². The van der Waals surface area contributed by atoms with E-state index in [2.05, 4.69) is 10.3 Å². The Morgan fingerprint density at radius 3 is 2.43 bits per heavy atom. The monoisotopic (exact) mass is 301 g/mol. The van der Waals surface area contributed by atoms with Crippen LogP contribution in [0.2, 0.25) is 0 Å². The molecule has 0 bridgehead atoms. The molecule has 0 radical (unpaired) electrons. The summed E-state index contributed by atoms with van der Waals surface area (Å²) in [7, 11) is 1.36. The van der Waals surface area contributed by atoms with E-state index in [4.69, 9.17) is 9.84 Å². The molecule has 0 atom stereocenters. The van der Waals surface area contributed by atoms with Crippen molar-refractivity contribution in [2.75, 3.05) is 7.11 Å². The Labute approximate surface area is 116 Å². The predicted molar refractivity (Wildman–Crippen MR) is 64.0 cm³/mol. The van der Waals surface area contributed by atoms with Gasteiger partial charge in [-0.3, -0.25) is 0 Å². The van der Waals surface area contributed by atoms with Crippen LogP contribution in [0.25, 0.3) is 5.69 Å². The van der Waals surface area contributed by atoms with Gasteiger partial charge in [0.15, 0.2) is 5.69 Å². The van der Waals surface area contributed by atoms with Gasteiger partial charge in [-0.15, -0.1) is 5.10 Å². The average Bonchev–Trinajstić information content (AvgIpc) is 2.82. The van der Waals surface area contributed by atoms with E-state index in [1.807, 2.05) is 0 Å². The second kappa shape index (κ2) is 5.52. The predicted octanol–water partition coefficient (Wildman–Crippen LogP) is 2.13. The minimum Gasteiger partial charge on any atom is -0.476 e. The quantitative estimate of drug-likeness (QED) is 0.936. The number of hydrogen-bond acceptors (Lipinski definition) is 4. The summed E-state index contributed by atoms with van der Waals surface area (Å²) in [6.07, 6.45) is -4.44. The van der Waals surface area contributed by atoms with Crippen molar-refractivity contribution < 1.29 is 27.8 Å². The lowest BCUT2D eigenvalue weighted by Crippen LogP contribution is -2.09. The highest BCUT2D eigenvalue weighted by Gasteiger charge is 2.30. The number of halogens is 3. The fourth-order valence-corrected chi connectivity index (χ4v) is 1.73. The molecule has 1 N–H and O–H groups in total. The normalized spacial score (nSPS) is 11.6. The van der Waals surface area contributed by atoms with Crippen molar-refractivity contribution in [3.8, 4) is 5.69 Å². The van der Waals surface area contributed by atoms with Crippen LogP contribution in [0.5, 0.6) is 0 Å². The lowest BCUT2D eigenvalue weighted by Gasteiger charge is -2.09. The third-order valence-corrected chi connectivity index (χ3v) is 2.69. The zero-order chi connectivity index (χ0) is 15.6. The molecule has 1 aromatic carbocycles. The molecule has 0 aliphatic carbocycles. The summed E-state index contributed by atoms with van der Waals surface area (Å²) in [6, 6.07) is 4.13. The van der Waals surface area contributed by atoms with Gasteiger partial charge in [-0.1, -0.05) is 5.21 Å². The number of carboxylic acid groups (broad SMARTS) is 1. The molecule has 112 valence electrons. The lowest BCUT2D eigenvalue weighted by molar-refractivity contribution is -0.137. The standard InChI is InChI=1S/C12H10F3N3O3/c1-21-6-9-10(11(19)20)16-17-18(9)8-4-2-7(3-5-8)12(13,14)15/h2-5H,6H2,1H3,(H,19,20). The number of aromatic carboxylic acids is 1. The van der Waals surface area contributed by atoms with E-state index >= 15 is 0 Å². The smallest absolute Gasteiger partial charge is 0.416 e. The highest BCUT2D eigenvalue weighted by molar-refractivity contribution is 5.86. The zero-order valence-corrected chi connectivity index (χ0v) is 10.8. The van der Waals surface area contributed by atoms with Crippen molar-refractivity contribution in [3.63, 3.8) is 0 Å². The van der Waals surface area contributed by atoms with Crippen LogP contribution in [0.15, 0.2) is 24.3 Å². The number of carbonyl (C=O) groups is 1. The van der Waals surface area contributed by atoms with Gasteiger partial charge in [-0.25, -0.2) is 9.48 Å². The number of ether oxygens (including phenoxy) is 1. The second-order valence-corrected chi connectivity index (χ2v) is 4.08. The topological polar surface area (TPSA) is 77.2 Å². The summed E-state index contributed by atoms with van der Waals surface area (Å²) < 4.78 is 43.5. The summed E-state index contributed by atoms with van der Waals surface area (Å²) in [5, 5.41) is 16.1. The Bertz CT molecular complexity index is 650. The molecule has 0 amide bonds. The Balaban J connectivity index is 2.44. The number of nitrogens with zero attached hydrogens (tertiary/aromatic N) is 3. The number of aromatic nitrogens is 3. The van der Waals surface area contributed by atoms with Crippen LogP contribution in [0, 0.1) is 0 Å². The molecule has 21 heavy (non-hydrogen) atoms. The fraction of sp³-hybridized carbons (Fsp3) is 0.250. The first-order valence-electron chi connectivity index (χ1n) is 5.69. The van der Waals surface area contributed by atoms with Crippen molar-refractivity contribution in [1.29, 1.82) is 0 Å². The minimum atomic E-state index is -4.44. The molecule has 0 aliphatic rings. The van der Waals surface area contributed by atoms with Gasteiger partial charge in [0.2, 0.25) is 0 Å². The highest BCUT2D eigenvalue weighted by atomic mass is 19.4. The molecule has 2 rings (SSSR count). The van der Waals surface area contributed by atoms with E-state index in [0.717, 1.165) is 16.8 Å². The third kappa shape index (κ3) is 3.02.